The number of fused-ring (bicyclic) bond motifs is 1. The molecule has 1 fully saturated rings. The summed E-state index contributed by atoms with van der Waals surface area (Å²) in [5.74, 6) is 0.270. The normalized spacial score (nSPS) is 15.7. The molecule has 5 nitrogen and oxygen atoms in total. The van der Waals surface area contributed by atoms with E-state index in [1.54, 1.807) is 0 Å². The maximum Gasteiger partial charge on any atom is 0.337 e. The molecule has 0 aliphatic carbocycles. The lowest BCUT2D eigenvalue weighted by atomic mass is 9.86. The molecular formula is C23H26BrN3O2. The van der Waals surface area contributed by atoms with Gasteiger partial charge in [-0.3, -0.25) is 4.90 Å². The minimum absolute atomic E-state index is 0.273. The Hall–Kier alpha value is -2.18. The van der Waals surface area contributed by atoms with Crippen LogP contribution in [0.2, 0.25) is 0 Å². The van der Waals surface area contributed by atoms with Gasteiger partial charge in [-0.2, -0.15) is 0 Å². The highest BCUT2D eigenvalue weighted by atomic mass is 79.9. The highest BCUT2D eigenvalue weighted by Crippen LogP contribution is 2.32. The number of nitrogens with zero attached hydrogens (tertiary/aromatic N) is 3. The average Bonchev–Trinajstić information content (AvgIpc) is 3.05. The molecule has 0 radical (unpaired) electrons. The number of methoxy groups -OCH3 is 1. The quantitative estimate of drug-likeness (QED) is 0.529. The van der Waals surface area contributed by atoms with Gasteiger partial charge in [0, 0.05) is 35.3 Å². The second kappa shape index (κ2) is 8.28. The molecule has 152 valence electrons. The fraction of sp³-hybridized carbons (Fsp3) is 0.391. The van der Waals surface area contributed by atoms with Gasteiger partial charge in [0.05, 0.1) is 12.7 Å². The monoisotopic (exact) mass is 455 g/mol. The number of hydrogen-bond donors (Lipinski definition) is 0. The number of aromatic nitrogens is 2. The molecule has 2 aromatic heterocycles. The SMILES string of the molecule is COC(=O)c1ccc(C2CCN(Cc3cc4c(Br)ccnc4n3C)CC2)c(C)c1. The fourth-order valence-corrected chi connectivity index (χ4v) is 4.81. The van der Waals surface area contributed by atoms with Crippen molar-refractivity contribution in [2.75, 3.05) is 20.2 Å². The number of esters is 1. The van der Waals surface area contributed by atoms with Crippen molar-refractivity contribution >= 4 is 32.9 Å². The first kappa shape index (κ1) is 20.1. The number of carbonyl (C=O) groups is 1. The van der Waals surface area contributed by atoms with Gasteiger partial charge >= 0.3 is 5.97 Å². The van der Waals surface area contributed by atoms with Gasteiger partial charge in [-0.1, -0.05) is 6.07 Å². The Morgan fingerprint density at radius 2 is 2.00 bits per heavy atom. The highest BCUT2D eigenvalue weighted by molar-refractivity contribution is 9.10. The summed E-state index contributed by atoms with van der Waals surface area (Å²) >= 11 is 3.63. The Balaban J connectivity index is 1.43. The number of likely N-dealkylation sites (tertiary alicyclic amines) is 1. The number of benzene rings is 1. The third kappa shape index (κ3) is 3.96. The molecule has 0 spiro atoms. The fourth-order valence-electron chi connectivity index (χ4n) is 4.40. The van der Waals surface area contributed by atoms with Crippen molar-refractivity contribution in [3.63, 3.8) is 0 Å². The molecule has 1 aliphatic heterocycles. The van der Waals surface area contributed by atoms with Crippen LogP contribution in [0.1, 0.15) is 45.9 Å². The molecule has 4 rings (SSSR count). The molecule has 0 atom stereocenters. The lowest BCUT2D eigenvalue weighted by Crippen LogP contribution is -2.33. The van der Waals surface area contributed by atoms with Crippen molar-refractivity contribution in [3.05, 3.63) is 63.4 Å². The molecule has 3 aromatic rings. The zero-order valence-electron chi connectivity index (χ0n) is 17.1. The summed E-state index contributed by atoms with van der Waals surface area (Å²) in [5, 5.41) is 1.17. The van der Waals surface area contributed by atoms with E-state index >= 15 is 0 Å². The predicted molar refractivity (Wildman–Crippen MR) is 118 cm³/mol. The van der Waals surface area contributed by atoms with Gasteiger partial charge in [0.2, 0.25) is 0 Å². The van der Waals surface area contributed by atoms with E-state index in [-0.39, 0.29) is 5.97 Å². The summed E-state index contributed by atoms with van der Waals surface area (Å²) in [6.45, 7) is 5.17. The van der Waals surface area contributed by atoms with Crippen molar-refractivity contribution in [3.8, 4) is 0 Å². The van der Waals surface area contributed by atoms with Gasteiger partial charge in [0.1, 0.15) is 5.65 Å². The van der Waals surface area contributed by atoms with E-state index < -0.39 is 0 Å². The van der Waals surface area contributed by atoms with Crippen molar-refractivity contribution in [1.82, 2.24) is 14.5 Å². The van der Waals surface area contributed by atoms with E-state index in [0.717, 1.165) is 42.6 Å². The second-order valence-electron chi connectivity index (χ2n) is 7.84. The Bertz CT molecular complexity index is 1050. The number of ether oxygens (including phenoxy) is 1. The van der Waals surface area contributed by atoms with Crippen LogP contribution in [0.3, 0.4) is 0 Å². The van der Waals surface area contributed by atoms with Crippen LogP contribution >= 0.6 is 15.9 Å². The van der Waals surface area contributed by atoms with Crippen molar-refractivity contribution in [2.24, 2.45) is 7.05 Å². The molecular weight excluding hydrogens is 430 g/mol. The molecule has 1 aromatic carbocycles. The predicted octanol–water partition coefficient (Wildman–Crippen LogP) is 4.81. The number of hydrogen-bond acceptors (Lipinski definition) is 4. The zero-order valence-corrected chi connectivity index (χ0v) is 18.7. The van der Waals surface area contributed by atoms with Gasteiger partial charge in [0.15, 0.2) is 0 Å². The number of rotatable bonds is 4. The van der Waals surface area contributed by atoms with Gasteiger partial charge in [-0.15, -0.1) is 0 Å². The lowest BCUT2D eigenvalue weighted by Gasteiger charge is -2.33. The van der Waals surface area contributed by atoms with E-state index in [9.17, 15) is 4.79 Å². The van der Waals surface area contributed by atoms with Crippen LogP contribution < -0.4 is 0 Å². The van der Waals surface area contributed by atoms with E-state index in [1.165, 1.54) is 29.3 Å². The Morgan fingerprint density at radius 3 is 2.66 bits per heavy atom. The molecule has 0 N–H and O–H groups in total. The summed E-state index contributed by atoms with van der Waals surface area (Å²) in [4.78, 5) is 18.8. The van der Waals surface area contributed by atoms with E-state index in [4.69, 9.17) is 4.74 Å². The maximum absolute atomic E-state index is 11.7. The summed E-state index contributed by atoms with van der Waals surface area (Å²) in [5.41, 5.74) is 5.47. The Labute approximate surface area is 179 Å². The summed E-state index contributed by atoms with van der Waals surface area (Å²) in [7, 11) is 3.52. The smallest absolute Gasteiger partial charge is 0.337 e. The van der Waals surface area contributed by atoms with Crippen LogP contribution in [0.4, 0.5) is 0 Å². The number of piperidine rings is 1. The molecule has 1 saturated heterocycles. The van der Waals surface area contributed by atoms with E-state index in [2.05, 4.69) is 56.5 Å². The highest BCUT2D eigenvalue weighted by Gasteiger charge is 2.23. The molecule has 1 aliphatic rings. The molecule has 29 heavy (non-hydrogen) atoms. The van der Waals surface area contributed by atoms with Crippen LogP contribution in [-0.2, 0) is 18.3 Å². The van der Waals surface area contributed by atoms with E-state index in [0.29, 0.717) is 11.5 Å². The molecule has 6 heteroatoms. The topological polar surface area (TPSA) is 47.4 Å². The minimum Gasteiger partial charge on any atom is -0.465 e. The molecule has 0 bridgehead atoms. The van der Waals surface area contributed by atoms with Crippen LogP contribution in [-0.4, -0.2) is 40.6 Å². The van der Waals surface area contributed by atoms with Crippen LogP contribution in [0.25, 0.3) is 11.0 Å². The van der Waals surface area contributed by atoms with Crippen LogP contribution in [0.5, 0.6) is 0 Å². The molecule has 0 unspecified atom stereocenters. The zero-order chi connectivity index (χ0) is 20.5. The van der Waals surface area contributed by atoms with Crippen molar-refractivity contribution in [2.45, 2.75) is 32.2 Å². The number of aryl methyl sites for hydroxylation is 2. The third-order valence-corrected chi connectivity index (χ3v) is 6.77. The average molecular weight is 456 g/mol. The largest absolute Gasteiger partial charge is 0.465 e. The first-order valence-electron chi connectivity index (χ1n) is 9.98. The number of halogens is 1. The third-order valence-electron chi connectivity index (χ3n) is 6.08. The number of carbonyl (C=O) groups excluding carboxylic acids is 1. The van der Waals surface area contributed by atoms with Crippen molar-refractivity contribution < 1.29 is 9.53 Å². The Morgan fingerprint density at radius 1 is 1.24 bits per heavy atom. The minimum atomic E-state index is -0.273. The summed E-state index contributed by atoms with van der Waals surface area (Å²) < 4.78 is 8.12. The van der Waals surface area contributed by atoms with Crippen LogP contribution in [0.15, 0.2) is 41.0 Å². The second-order valence-corrected chi connectivity index (χ2v) is 8.69. The Kier molecular flexibility index (Phi) is 5.74. The maximum atomic E-state index is 11.7. The molecule has 0 amide bonds. The van der Waals surface area contributed by atoms with Crippen LogP contribution in [0, 0.1) is 6.92 Å². The van der Waals surface area contributed by atoms with Gasteiger partial charge in [-0.05, 0) is 90.1 Å². The van der Waals surface area contributed by atoms with E-state index in [1.807, 2.05) is 24.4 Å². The summed E-state index contributed by atoms with van der Waals surface area (Å²) in [6.07, 6.45) is 4.10. The van der Waals surface area contributed by atoms with Gasteiger partial charge < -0.3 is 9.30 Å². The summed E-state index contributed by atoms with van der Waals surface area (Å²) in [6, 6.07) is 10.2. The first-order chi connectivity index (χ1) is 14.0. The lowest BCUT2D eigenvalue weighted by molar-refractivity contribution is 0.0600. The van der Waals surface area contributed by atoms with Gasteiger partial charge in [-0.25, -0.2) is 9.78 Å². The molecule has 0 saturated carbocycles. The van der Waals surface area contributed by atoms with Crippen molar-refractivity contribution in [1.29, 1.82) is 0 Å². The first-order valence-corrected chi connectivity index (χ1v) is 10.8. The molecule has 3 heterocycles. The standard InChI is InChI=1S/C23H26BrN3O2/c1-15-12-17(23(28)29-3)4-5-19(15)16-7-10-27(11-8-16)14-18-13-20-21(24)6-9-25-22(20)26(18)2/h4-6,9,12-13,16H,7-8,10-11,14H2,1-3H3. The number of pyridine rings is 1. The van der Waals surface area contributed by atoms with Gasteiger partial charge in [0.25, 0.3) is 0 Å².